The first-order valence-corrected chi connectivity index (χ1v) is 6.16. The third-order valence-electron chi connectivity index (χ3n) is 3.17. The Bertz CT molecular complexity index is 553. The van der Waals surface area contributed by atoms with E-state index in [9.17, 15) is 14.7 Å². The molecular formula is C15H17NO3. The fraction of sp³-hybridized carbons (Fsp3) is 0.333. The Morgan fingerprint density at radius 2 is 1.74 bits per heavy atom. The first-order chi connectivity index (χ1) is 8.82. The molecule has 100 valence electrons. The maximum Gasteiger partial charge on any atom is 0.295 e. The number of aliphatic hydroxyl groups is 1. The molecule has 0 aromatic heterocycles. The van der Waals surface area contributed by atoms with E-state index >= 15 is 0 Å². The smallest absolute Gasteiger partial charge is 0.295 e. The maximum atomic E-state index is 12.0. The molecule has 1 aromatic rings. The van der Waals surface area contributed by atoms with Gasteiger partial charge in [-0.25, -0.2) is 0 Å². The summed E-state index contributed by atoms with van der Waals surface area (Å²) in [5, 5.41) is 10.2. The predicted molar refractivity (Wildman–Crippen MR) is 72.5 cm³/mol. The Morgan fingerprint density at radius 1 is 1.16 bits per heavy atom. The van der Waals surface area contributed by atoms with Crippen LogP contribution in [0.25, 0.3) is 5.76 Å². The molecule has 2 rings (SSSR count). The standard InChI is InChI=1S/C15H17NO3/c1-15(2,3)16-9-11(13(18)14(16)19)12(17)10-7-5-4-6-8-10/h4-8,17H,9H2,1-3H3. The van der Waals surface area contributed by atoms with Crippen molar-refractivity contribution in [1.82, 2.24) is 4.90 Å². The second kappa shape index (κ2) is 4.53. The van der Waals surface area contributed by atoms with Gasteiger partial charge >= 0.3 is 0 Å². The quantitative estimate of drug-likeness (QED) is 0.477. The van der Waals surface area contributed by atoms with E-state index < -0.39 is 17.2 Å². The Kier molecular flexibility index (Phi) is 3.18. The van der Waals surface area contributed by atoms with Gasteiger partial charge in [0.05, 0.1) is 12.1 Å². The summed E-state index contributed by atoms with van der Waals surface area (Å²) in [6.45, 7) is 5.74. The fourth-order valence-corrected chi connectivity index (χ4v) is 2.05. The number of amides is 1. The van der Waals surface area contributed by atoms with Crippen LogP contribution in [-0.2, 0) is 9.59 Å². The molecule has 1 aromatic carbocycles. The Labute approximate surface area is 112 Å². The van der Waals surface area contributed by atoms with Crippen molar-refractivity contribution in [3.8, 4) is 0 Å². The van der Waals surface area contributed by atoms with E-state index in [1.54, 1.807) is 24.3 Å². The highest BCUT2D eigenvalue weighted by molar-refractivity contribution is 6.46. The molecular weight excluding hydrogens is 242 g/mol. The number of carbonyl (C=O) groups is 2. The van der Waals surface area contributed by atoms with Gasteiger partial charge in [0.15, 0.2) is 0 Å². The Balaban J connectivity index is 2.43. The van der Waals surface area contributed by atoms with Gasteiger partial charge < -0.3 is 10.0 Å². The van der Waals surface area contributed by atoms with Crippen molar-refractivity contribution < 1.29 is 14.7 Å². The second-order valence-corrected chi connectivity index (χ2v) is 5.58. The first kappa shape index (κ1) is 13.3. The highest BCUT2D eigenvalue weighted by Crippen LogP contribution is 2.27. The van der Waals surface area contributed by atoms with E-state index in [4.69, 9.17) is 0 Å². The molecule has 1 heterocycles. The average molecular weight is 259 g/mol. The van der Waals surface area contributed by atoms with Gasteiger partial charge in [0.2, 0.25) is 0 Å². The van der Waals surface area contributed by atoms with Crippen LogP contribution in [0, 0.1) is 0 Å². The number of benzene rings is 1. The lowest BCUT2D eigenvalue weighted by molar-refractivity contribution is -0.142. The predicted octanol–water partition coefficient (Wildman–Crippen LogP) is 2.17. The van der Waals surface area contributed by atoms with Crippen LogP contribution < -0.4 is 0 Å². The zero-order valence-electron chi connectivity index (χ0n) is 11.3. The van der Waals surface area contributed by atoms with Gasteiger partial charge in [-0.2, -0.15) is 0 Å². The summed E-state index contributed by atoms with van der Waals surface area (Å²) in [5.74, 6) is -1.27. The van der Waals surface area contributed by atoms with Crippen molar-refractivity contribution >= 4 is 17.4 Å². The number of ketones is 1. The number of aliphatic hydroxyl groups excluding tert-OH is 1. The zero-order valence-corrected chi connectivity index (χ0v) is 11.3. The third-order valence-corrected chi connectivity index (χ3v) is 3.17. The molecule has 1 amide bonds. The van der Waals surface area contributed by atoms with Gasteiger partial charge in [-0.3, -0.25) is 9.59 Å². The van der Waals surface area contributed by atoms with E-state index in [0.717, 1.165) is 0 Å². The van der Waals surface area contributed by atoms with Crippen molar-refractivity contribution in [2.75, 3.05) is 6.54 Å². The van der Waals surface area contributed by atoms with E-state index in [2.05, 4.69) is 0 Å². The van der Waals surface area contributed by atoms with Gasteiger partial charge in [-0.1, -0.05) is 30.3 Å². The molecule has 1 aliphatic heterocycles. The number of rotatable bonds is 1. The molecule has 0 spiro atoms. The van der Waals surface area contributed by atoms with Crippen molar-refractivity contribution in [1.29, 1.82) is 0 Å². The van der Waals surface area contributed by atoms with Gasteiger partial charge in [0.25, 0.3) is 11.7 Å². The number of Topliss-reactive ketones (excluding diaryl/α,β-unsaturated/α-hetero) is 1. The summed E-state index contributed by atoms with van der Waals surface area (Å²) in [7, 11) is 0. The molecule has 4 heteroatoms. The number of carbonyl (C=O) groups excluding carboxylic acids is 2. The summed E-state index contributed by atoms with van der Waals surface area (Å²) in [4.78, 5) is 25.4. The largest absolute Gasteiger partial charge is 0.507 e. The lowest BCUT2D eigenvalue weighted by Gasteiger charge is -2.30. The Morgan fingerprint density at radius 3 is 2.21 bits per heavy atom. The van der Waals surface area contributed by atoms with Crippen molar-refractivity contribution in [3.63, 3.8) is 0 Å². The van der Waals surface area contributed by atoms with E-state index in [-0.39, 0.29) is 17.9 Å². The zero-order chi connectivity index (χ0) is 14.2. The number of likely N-dealkylation sites (tertiary alicyclic amines) is 1. The van der Waals surface area contributed by atoms with Crippen LogP contribution in [0.1, 0.15) is 26.3 Å². The van der Waals surface area contributed by atoms with Gasteiger partial charge in [0, 0.05) is 11.1 Å². The van der Waals surface area contributed by atoms with Crippen molar-refractivity contribution in [2.24, 2.45) is 0 Å². The van der Waals surface area contributed by atoms with Crippen LogP contribution in [-0.4, -0.2) is 33.8 Å². The SMILES string of the molecule is CC(C)(C)N1CC(=C(O)c2ccccc2)C(=O)C1=O. The first-order valence-electron chi connectivity index (χ1n) is 6.16. The number of nitrogens with zero attached hydrogens (tertiary/aromatic N) is 1. The highest BCUT2D eigenvalue weighted by atomic mass is 16.3. The molecule has 1 fully saturated rings. The molecule has 1 N–H and O–H groups in total. The molecule has 19 heavy (non-hydrogen) atoms. The third kappa shape index (κ3) is 2.38. The van der Waals surface area contributed by atoms with Gasteiger partial charge in [-0.15, -0.1) is 0 Å². The Hall–Kier alpha value is -2.10. The van der Waals surface area contributed by atoms with Gasteiger partial charge in [0.1, 0.15) is 5.76 Å². The molecule has 1 saturated heterocycles. The van der Waals surface area contributed by atoms with Gasteiger partial charge in [-0.05, 0) is 20.8 Å². The van der Waals surface area contributed by atoms with E-state index in [1.165, 1.54) is 4.90 Å². The van der Waals surface area contributed by atoms with Crippen LogP contribution in [0.4, 0.5) is 0 Å². The molecule has 4 nitrogen and oxygen atoms in total. The summed E-state index contributed by atoms with van der Waals surface area (Å²) in [5.41, 5.74) is 0.284. The summed E-state index contributed by atoms with van der Waals surface area (Å²) >= 11 is 0. The average Bonchev–Trinajstić information content (AvgIpc) is 2.66. The lowest BCUT2D eigenvalue weighted by Crippen LogP contribution is -2.43. The molecule has 1 aliphatic rings. The van der Waals surface area contributed by atoms with Crippen LogP contribution in [0.15, 0.2) is 35.9 Å². The van der Waals surface area contributed by atoms with Crippen LogP contribution >= 0.6 is 0 Å². The minimum atomic E-state index is -0.615. The summed E-state index contributed by atoms with van der Waals surface area (Å²) in [6.07, 6.45) is 0. The second-order valence-electron chi connectivity index (χ2n) is 5.58. The van der Waals surface area contributed by atoms with Crippen LogP contribution in [0.3, 0.4) is 0 Å². The highest BCUT2D eigenvalue weighted by Gasteiger charge is 2.41. The molecule has 0 unspecified atom stereocenters. The number of hydrogen-bond acceptors (Lipinski definition) is 3. The lowest BCUT2D eigenvalue weighted by atomic mass is 10.1. The number of hydrogen-bond donors (Lipinski definition) is 1. The molecule has 0 aliphatic carbocycles. The van der Waals surface area contributed by atoms with Crippen molar-refractivity contribution in [2.45, 2.75) is 26.3 Å². The maximum absolute atomic E-state index is 12.0. The molecule has 0 saturated carbocycles. The summed E-state index contributed by atoms with van der Waals surface area (Å²) in [6, 6.07) is 8.79. The minimum absolute atomic E-state index is 0.106. The van der Waals surface area contributed by atoms with Crippen molar-refractivity contribution in [3.05, 3.63) is 41.5 Å². The minimum Gasteiger partial charge on any atom is -0.507 e. The van der Waals surface area contributed by atoms with Crippen LogP contribution in [0.5, 0.6) is 0 Å². The summed E-state index contributed by atoms with van der Waals surface area (Å²) < 4.78 is 0. The molecule has 0 radical (unpaired) electrons. The fourth-order valence-electron chi connectivity index (χ4n) is 2.05. The van der Waals surface area contributed by atoms with E-state index in [0.29, 0.717) is 5.56 Å². The monoisotopic (exact) mass is 259 g/mol. The molecule has 0 atom stereocenters. The van der Waals surface area contributed by atoms with Crippen LogP contribution in [0.2, 0.25) is 0 Å². The topological polar surface area (TPSA) is 57.6 Å². The van der Waals surface area contributed by atoms with E-state index in [1.807, 2.05) is 26.8 Å². The normalized spacial score (nSPS) is 19.0. The molecule has 0 bridgehead atoms.